The van der Waals surface area contributed by atoms with Gasteiger partial charge in [-0.3, -0.25) is 0 Å². The molecule has 0 amide bonds. The van der Waals surface area contributed by atoms with Gasteiger partial charge in [-0.25, -0.2) is 4.79 Å². The minimum absolute atomic E-state index is 0.196. The van der Waals surface area contributed by atoms with Crippen molar-refractivity contribution in [3.63, 3.8) is 0 Å². The Bertz CT molecular complexity index is 413. The van der Waals surface area contributed by atoms with Crippen LogP contribution in [0.4, 0.5) is 0 Å². The second-order valence-corrected chi connectivity index (χ2v) is 6.51. The van der Waals surface area contributed by atoms with Crippen molar-refractivity contribution in [2.75, 3.05) is 13.7 Å². The highest BCUT2D eigenvalue weighted by molar-refractivity contribution is 5.87. The largest absolute Gasteiger partial charge is 0.455 e. The fraction of sp³-hybridized carbons (Fsp3) is 0.824. The Balaban J connectivity index is 2.29. The van der Waals surface area contributed by atoms with Gasteiger partial charge in [-0.15, -0.1) is 0 Å². The lowest BCUT2D eigenvalue weighted by Gasteiger charge is -2.45. The fourth-order valence-electron chi connectivity index (χ4n) is 4.13. The van der Waals surface area contributed by atoms with Gasteiger partial charge < -0.3 is 14.2 Å². The molecule has 0 saturated carbocycles. The second-order valence-electron chi connectivity index (χ2n) is 6.51. The maximum atomic E-state index is 12.1. The molecule has 0 radical (unpaired) electrons. The highest BCUT2D eigenvalue weighted by Crippen LogP contribution is 2.54. The number of methoxy groups -OCH3 is 1. The first-order valence-corrected chi connectivity index (χ1v) is 7.98. The molecule has 2 aliphatic rings. The first kappa shape index (κ1) is 16.5. The van der Waals surface area contributed by atoms with Gasteiger partial charge in [0, 0.05) is 18.6 Å². The van der Waals surface area contributed by atoms with E-state index in [0.717, 1.165) is 32.1 Å². The summed E-state index contributed by atoms with van der Waals surface area (Å²) in [6.45, 7) is 10.1. The van der Waals surface area contributed by atoms with Gasteiger partial charge in [0.25, 0.3) is 0 Å². The van der Waals surface area contributed by atoms with Gasteiger partial charge in [-0.2, -0.15) is 0 Å². The molecule has 0 spiro atoms. The van der Waals surface area contributed by atoms with Gasteiger partial charge in [0.1, 0.15) is 5.60 Å². The van der Waals surface area contributed by atoms with Crippen LogP contribution in [0.2, 0.25) is 0 Å². The number of carbonyl (C=O) groups excluding carboxylic acids is 1. The van der Waals surface area contributed by atoms with Crippen LogP contribution in [-0.2, 0) is 19.0 Å². The molecule has 0 aromatic heterocycles. The van der Waals surface area contributed by atoms with E-state index in [1.165, 1.54) is 0 Å². The predicted octanol–water partition coefficient (Wildman–Crippen LogP) is 3.25. The summed E-state index contributed by atoms with van der Waals surface area (Å²) >= 11 is 0. The Labute approximate surface area is 127 Å². The van der Waals surface area contributed by atoms with E-state index in [2.05, 4.69) is 20.4 Å². The summed E-state index contributed by atoms with van der Waals surface area (Å²) in [6, 6.07) is 0. The van der Waals surface area contributed by atoms with Crippen LogP contribution in [0.1, 0.15) is 52.9 Å². The average molecular weight is 296 g/mol. The quantitative estimate of drug-likeness (QED) is 0.534. The number of hydrogen-bond donors (Lipinski definition) is 0. The Morgan fingerprint density at radius 2 is 2.10 bits per heavy atom. The van der Waals surface area contributed by atoms with Crippen LogP contribution < -0.4 is 0 Å². The number of hydrogen-bond acceptors (Lipinski definition) is 4. The molecule has 3 unspecified atom stereocenters. The van der Waals surface area contributed by atoms with Crippen molar-refractivity contribution in [3.05, 3.63) is 12.2 Å². The van der Waals surface area contributed by atoms with E-state index in [9.17, 15) is 4.79 Å². The molecule has 2 bridgehead atoms. The molecule has 0 aliphatic carbocycles. The molecule has 4 heteroatoms. The van der Waals surface area contributed by atoms with E-state index >= 15 is 0 Å². The molecule has 2 fully saturated rings. The molecule has 2 aliphatic heterocycles. The monoisotopic (exact) mass is 296 g/mol. The van der Waals surface area contributed by atoms with Crippen molar-refractivity contribution >= 4 is 5.97 Å². The summed E-state index contributed by atoms with van der Waals surface area (Å²) < 4.78 is 17.6. The fourth-order valence-corrected chi connectivity index (χ4v) is 4.13. The van der Waals surface area contributed by atoms with Crippen molar-refractivity contribution < 1.29 is 19.0 Å². The third-order valence-corrected chi connectivity index (χ3v) is 5.29. The van der Waals surface area contributed by atoms with Gasteiger partial charge in [-0.1, -0.05) is 20.4 Å². The highest BCUT2D eigenvalue weighted by atomic mass is 16.6. The van der Waals surface area contributed by atoms with Crippen molar-refractivity contribution in [2.24, 2.45) is 5.92 Å². The summed E-state index contributed by atoms with van der Waals surface area (Å²) in [7, 11) is 1.71. The summed E-state index contributed by atoms with van der Waals surface area (Å²) in [5, 5.41) is 0. The van der Waals surface area contributed by atoms with Crippen molar-refractivity contribution in [2.45, 2.75) is 70.2 Å². The molecule has 0 aromatic rings. The zero-order valence-electron chi connectivity index (χ0n) is 13.7. The lowest BCUT2D eigenvalue weighted by molar-refractivity contribution is -0.176. The Kier molecular flexibility index (Phi) is 4.79. The van der Waals surface area contributed by atoms with Crippen LogP contribution in [-0.4, -0.2) is 37.0 Å². The summed E-state index contributed by atoms with van der Waals surface area (Å²) in [5.41, 5.74) is -0.323. The van der Waals surface area contributed by atoms with Gasteiger partial charge in [0.15, 0.2) is 0 Å². The third kappa shape index (κ3) is 2.76. The third-order valence-electron chi connectivity index (χ3n) is 5.29. The van der Waals surface area contributed by atoms with E-state index in [0.29, 0.717) is 12.2 Å². The zero-order chi connectivity index (χ0) is 15.7. The molecular weight excluding hydrogens is 268 g/mol. The normalized spacial score (nSPS) is 31.4. The minimum Gasteiger partial charge on any atom is -0.455 e. The lowest BCUT2D eigenvalue weighted by Crippen LogP contribution is -2.53. The standard InChI is InChI=1S/C17H28O4/c1-6-16(7-2,21-15(18)12(3)4)14-10-13-8-9-17(14,20-13)11-19-5/h13-14H,3,6-11H2,1-2,4-5H3. The summed E-state index contributed by atoms with van der Waals surface area (Å²) in [4.78, 5) is 12.1. The van der Waals surface area contributed by atoms with Crippen LogP contribution in [0.3, 0.4) is 0 Å². The maximum absolute atomic E-state index is 12.1. The Hall–Kier alpha value is -0.870. The molecule has 4 nitrogen and oxygen atoms in total. The highest BCUT2D eigenvalue weighted by Gasteiger charge is 2.61. The molecule has 2 rings (SSSR count). The topological polar surface area (TPSA) is 44.8 Å². The van der Waals surface area contributed by atoms with Crippen LogP contribution in [0, 0.1) is 5.92 Å². The number of rotatable bonds is 7. The van der Waals surface area contributed by atoms with Gasteiger partial charge in [0.2, 0.25) is 0 Å². The Morgan fingerprint density at radius 3 is 2.57 bits per heavy atom. The average Bonchev–Trinajstić information content (AvgIpc) is 3.02. The maximum Gasteiger partial charge on any atom is 0.333 e. The van der Waals surface area contributed by atoms with E-state index < -0.39 is 5.60 Å². The number of ether oxygens (including phenoxy) is 3. The molecule has 3 atom stereocenters. The lowest BCUT2D eigenvalue weighted by atomic mass is 9.67. The first-order valence-electron chi connectivity index (χ1n) is 7.98. The molecule has 21 heavy (non-hydrogen) atoms. The SMILES string of the molecule is C=C(C)C(=O)OC(CC)(CC)C1CC2CCC1(COC)O2. The summed E-state index contributed by atoms with van der Waals surface area (Å²) in [6.07, 6.45) is 4.88. The zero-order valence-corrected chi connectivity index (χ0v) is 13.7. The van der Waals surface area contributed by atoms with Crippen molar-refractivity contribution in [1.82, 2.24) is 0 Å². The van der Waals surface area contributed by atoms with Crippen LogP contribution in [0.25, 0.3) is 0 Å². The van der Waals surface area contributed by atoms with Crippen molar-refractivity contribution in [1.29, 1.82) is 0 Å². The van der Waals surface area contributed by atoms with Crippen LogP contribution in [0.5, 0.6) is 0 Å². The smallest absolute Gasteiger partial charge is 0.333 e. The minimum atomic E-state index is -0.482. The van der Waals surface area contributed by atoms with Gasteiger partial charge in [-0.05, 0) is 39.0 Å². The van der Waals surface area contributed by atoms with Crippen LogP contribution in [0.15, 0.2) is 12.2 Å². The molecule has 0 aromatic carbocycles. The molecule has 2 heterocycles. The predicted molar refractivity (Wildman–Crippen MR) is 81.0 cm³/mol. The van der Waals surface area contributed by atoms with Gasteiger partial charge >= 0.3 is 5.97 Å². The molecule has 120 valence electrons. The van der Waals surface area contributed by atoms with E-state index in [1.807, 2.05) is 0 Å². The number of fused-ring (bicyclic) bond motifs is 2. The first-order chi connectivity index (χ1) is 9.93. The van der Waals surface area contributed by atoms with Crippen molar-refractivity contribution in [3.8, 4) is 0 Å². The second kappa shape index (κ2) is 6.09. The molecular formula is C17H28O4. The van der Waals surface area contributed by atoms with E-state index in [-0.39, 0.29) is 23.6 Å². The Morgan fingerprint density at radius 1 is 1.43 bits per heavy atom. The molecule has 0 N–H and O–H groups in total. The molecule has 2 saturated heterocycles. The van der Waals surface area contributed by atoms with Crippen LogP contribution >= 0.6 is 0 Å². The number of carbonyl (C=O) groups is 1. The van der Waals surface area contributed by atoms with E-state index in [4.69, 9.17) is 14.2 Å². The number of esters is 1. The van der Waals surface area contributed by atoms with Gasteiger partial charge in [0.05, 0.1) is 18.3 Å². The summed E-state index contributed by atoms with van der Waals surface area (Å²) in [5.74, 6) is -0.101. The van der Waals surface area contributed by atoms with E-state index in [1.54, 1.807) is 14.0 Å².